The van der Waals surface area contributed by atoms with Crippen LogP contribution >= 0.6 is 11.3 Å². The van der Waals surface area contributed by atoms with E-state index in [1.54, 1.807) is 18.1 Å². The number of rotatable bonds is 3. The number of carbonyl (C=O) groups excluding carboxylic acids is 3. The Bertz CT molecular complexity index is 944. The van der Waals surface area contributed by atoms with Crippen molar-refractivity contribution in [2.75, 3.05) is 19.6 Å². The molecule has 2 fully saturated rings. The van der Waals surface area contributed by atoms with Gasteiger partial charge in [0.05, 0.1) is 18.2 Å². The normalized spacial score (nSPS) is 17.4. The second-order valence-electron chi connectivity index (χ2n) is 6.35. The van der Waals surface area contributed by atoms with Gasteiger partial charge in [0.2, 0.25) is 5.91 Å². The van der Waals surface area contributed by atoms with Crippen LogP contribution < -0.4 is 10.9 Å². The molecule has 9 heteroatoms. The number of hydrogen-bond acceptors (Lipinski definition) is 5. The third kappa shape index (κ3) is 2.60. The highest BCUT2D eigenvalue weighted by Gasteiger charge is 2.43. The molecular formula is C17H16N4O4S. The number of aromatic nitrogens is 1. The number of amides is 4. The second kappa shape index (κ2) is 6.10. The van der Waals surface area contributed by atoms with Crippen LogP contribution in [-0.4, -0.2) is 57.9 Å². The van der Waals surface area contributed by atoms with Crippen LogP contribution in [0.5, 0.6) is 0 Å². The largest absolute Gasteiger partial charge is 0.334 e. The zero-order valence-corrected chi connectivity index (χ0v) is 14.8. The lowest BCUT2D eigenvalue weighted by Gasteiger charge is -2.42. The zero-order chi connectivity index (χ0) is 18.4. The molecule has 2 aliphatic rings. The number of imide groups is 1. The van der Waals surface area contributed by atoms with Gasteiger partial charge in [0, 0.05) is 38.0 Å². The Morgan fingerprint density at radius 3 is 2.65 bits per heavy atom. The first-order valence-electron chi connectivity index (χ1n) is 8.08. The summed E-state index contributed by atoms with van der Waals surface area (Å²) in [5, 5.41) is 6.26. The molecular weight excluding hydrogens is 356 g/mol. The summed E-state index contributed by atoms with van der Waals surface area (Å²) in [6.45, 7) is 0.597. The molecule has 2 aromatic rings. The van der Waals surface area contributed by atoms with Gasteiger partial charge in [-0.1, -0.05) is 0 Å². The van der Waals surface area contributed by atoms with Crippen molar-refractivity contribution in [2.45, 2.75) is 6.04 Å². The molecule has 8 nitrogen and oxygen atoms in total. The summed E-state index contributed by atoms with van der Waals surface area (Å²) < 4.78 is 1.37. The number of urea groups is 1. The van der Waals surface area contributed by atoms with Crippen molar-refractivity contribution in [3.63, 3.8) is 0 Å². The third-order valence-electron chi connectivity index (χ3n) is 4.68. The lowest BCUT2D eigenvalue weighted by atomic mass is 10.0. The summed E-state index contributed by atoms with van der Waals surface area (Å²) in [7, 11) is 1.60. The van der Waals surface area contributed by atoms with E-state index in [2.05, 4.69) is 5.32 Å². The van der Waals surface area contributed by atoms with E-state index in [4.69, 9.17) is 0 Å². The molecule has 2 aromatic heterocycles. The fraction of sp³-hybridized carbons (Fsp3) is 0.294. The topological polar surface area (TPSA) is 91.7 Å². The first-order valence-corrected chi connectivity index (χ1v) is 9.02. The fourth-order valence-electron chi connectivity index (χ4n) is 3.22. The van der Waals surface area contributed by atoms with Crippen LogP contribution in [0.25, 0.3) is 11.1 Å². The Balaban J connectivity index is 1.58. The molecule has 26 heavy (non-hydrogen) atoms. The molecule has 134 valence electrons. The number of pyridine rings is 1. The lowest BCUT2D eigenvalue weighted by Crippen LogP contribution is -2.62. The highest BCUT2D eigenvalue weighted by atomic mass is 32.1. The van der Waals surface area contributed by atoms with E-state index in [1.165, 1.54) is 26.9 Å². The number of nitrogens with zero attached hydrogens (tertiary/aromatic N) is 3. The molecule has 4 amide bonds. The van der Waals surface area contributed by atoms with Gasteiger partial charge >= 0.3 is 6.03 Å². The highest BCUT2D eigenvalue weighted by Crippen LogP contribution is 2.27. The average Bonchev–Trinajstić information content (AvgIpc) is 3.20. The summed E-state index contributed by atoms with van der Waals surface area (Å²) in [4.78, 5) is 51.2. The highest BCUT2D eigenvalue weighted by molar-refractivity contribution is 7.08. The molecule has 0 atom stereocenters. The predicted molar refractivity (Wildman–Crippen MR) is 94.9 cm³/mol. The molecule has 0 saturated carbocycles. The standard InChI is InChI=1S/C17H16N4O4S/c1-19-8-13(12(4-14(19)22)10-2-3-26-9-10)16(24)20-6-11(7-20)21-15(23)5-18-17(21)25/h2-4,8-9,11H,5-7H2,1H3,(H,18,25). The van der Waals surface area contributed by atoms with Gasteiger partial charge in [-0.2, -0.15) is 11.3 Å². The molecule has 2 aliphatic heterocycles. The van der Waals surface area contributed by atoms with Crippen LogP contribution in [0.1, 0.15) is 10.4 Å². The van der Waals surface area contributed by atoms with Gasteiger partial charge in [-0.25, -0.2) is 4.79 Å². The fourth-order valence-corrected chi connectivity index (χ4v) is 3.87. The second-order valence-corrected chi connectivity index (χ2v) is 7.13. The Morgan fingerprint density at radius 2 is 2.04 bits per heavy atom. The molecule has 2 saturated heterocycles. The maximum absolute atomic E-state index is 12.9. The van der Waals surface area contributed by atoms with Crippen molar-refractivity contribution in [2.24, 2.45) is 7.05 Å². The maximum Gasteiger partial charge on any atom is 0.324 e. The molecule has 4 rings (SSSR count). The first-order chi connectivity index (χ1) is 12.5. The third-order valence-corrected chi connectivity index (χ3v) is 5.37. The van der Waals surface area contributed by atoms with E-state index in [0.717, 1.165) is 5.56 Å². The number of hydrogen-bond donors (Lipinski definition) is 1. The first kappa shape index (κ1) is 16.5. The van der Waals surface area contributed by atoms with E-state index in [9.17, 15) is 19.2 Å². The van der Waals surface area contributed by atoms with E-state index < -0.39 is 6.03 Å². The van der Waals surface area contributed by atoms with Gasteiger partial charge in [-0.05, 0) is 22.4 Å². The average molecular weight is 372 g/mol. The number of thiophene rings is 1. The van der Waals surface area contributed by atoms with E-state index >= 15 is 0 Å². The Labute approximate surface area is 152 Å². The van der Waals surface area contributed by atoms with Crippen LogP contribution in [-0.2, 0) is 11.8 Å². The van der Waals surface area contributed by atoms with E-state index in [1.807, 2.05) is 16.8 Å². The van der Waals surface area contributed by atoms with Crippen molar-refractivity contribution < 1.29 is 14.4 Å². The number of aryl methyl sites for hydroxylation is 1. The SMILES string of the molecule is Cn1cc(C(=O)N2CC(N3C(=O)CNC3=O)C2)c(-c2ccsc2)cc1=O. The zero-order valence-electron chi connectivity index (χ0n) is 14.0. The number of nitrogens with one attached hydrogen (secondary N) is 1. The number of carbonyl (C=O) groups is 3. The molecule has 4 heterocycles. The lowest BCUT2D eigenvalue weighted by molar-refractivity contribution is -0.128. The van der Waals surface area contributed by atoms with Crippen LogP contribution in [0, 0.1) is 0 Å². The molecule has 0 unspecified atom stereocenters. The monoisotopic (exact) mass is 372 g/mol. The van der Waals surface area contributed by atoms with Crippen molar-refractivity contribution >= 4 is 29.2 Å². The Kier molecular flexibility index (Phi) is 3.87. The van der Waals surface area contributed by atoms with Crippen molar-refractivity contribution in [1.29, 1.82) is 0 Å². The van der Waals surface area contributed by atoms with Gasteiger partial charge in [0.15, 0.2) is 0 Å². The van der Waals surface area contributed by atoms with Gasteiger partial charge < -0.3 is 14.8 Å². The van der Waals surface area contributed by atoms with Crippen molar-refractivity contribution in [3.8, 4) is 11.1 Å². The van der Waals surface area contributed by atoms with Crippen LogP contribution in [0.2, 0.25) is 0 Å². The van der Waals surface area contributed by atoms with E-state index in [0.29, 0.717) is 24.2 Å². The molecule has 0 spiro atoms. The van der Waals surface area contributed by atoms with E-state index in [-0.39, 0.29) is 30.0 Å². The van der Waals surface area contributed by atoms with Gasteiger partial charge in [-0.15, -0.1) is 0 Å². The Morgan fingerprint density at radius 1 is 1.27 bits per heavy atom. The summed E-state index contributed by atoms with van der Waals surface area (Å²) in [5.41, 5.74) is 1.66. The van der Waals surface area contributed by atoms with Crippen LogP contribution in [0.15, 0.2) is 33.9 Å². The molecule has 0 aliphatic carbocycles. The number of likely N-dealkylation sites (tertiary alicyclic amines) is 1. The van der Waals surface area contributed by atoms with Gasteiger partial charge in [-0.3, -0.25) is 19.3 Å². The molecule has 0 bridgehead atoms. The molecule has 0 radical (unpaired) electrons. The Hall–Kier alpha value is -2.94. The quantitative estimate of drug-likeness (QED) is 0.794. The summed E-state index contributed by atoms with van der Waals surface area (Å²) in [6.07, 6.45) is 1.54. The van der Waals surface area contributed by atoms with Gasteiger partial charge in [0.25, 0.3) is 11.5 Å². The van der Waals surface area contributed by atoms with Crippen molar-refractivity contribution in [1.82, 2.24) is 19.7 Å². The van der Waals surface area contributed by atoms with Crippen LogP contribution in [0.3, 0.4) is 0 Å². The van der Waals surface area contributed by atoms with Crippen molar-refractivity contribution in [3.05, 3.63) is 45.0 Å². The molecule has 1 N–H and O–H groups in total. The molecule has 0 aromatic carbocycles. The van der Waals surface area contributed by atoms with Crippen LogP contribution in [0.4, 0.5) is 4.79 Å². The maximum atomic E-state index is 12.9. The predicted octanol–water partition coefficient (Wildman–Crippen LogP) is 0.490. The summed E-state index contributed by atoms with van der Waals surface area (Å²) >= 11 is 1.49. The minimum Gasteiger partial charge on any atom is -0.334 e. The minimum absolute atomic E-state index is 0.00633. The minimum atomic E-state index is -0.409. The smallest absolute Gasteiger partial charge is 0.324 e. The summed E-state index contributed by atoms with van der Waals surface area (Å²) in [5.74, 6) is -0.488. The summed E-state index contributed by atoms with van der Waals surface area (Å²) in [6, 6.07) is 2.62. The van der Waals surface area contributed by atoms with Gasteiger partial charge in [0.1, 0.15) is 0 Å².